The molecule has 4 heteroatoms. The fourth-order valence-corrected chi connectivity index (χ4v) is 1.37. The normalized spacial score (nSPS) is 11.6. The summed E-state index contributed by atoms with van der Waals surface area (Å²) in [6.07, 6.45) is 1.25. The van der Waals surface area contributed by atoms with Crippen LogP contribution in [0.2, 0.25) is 0 Å². The largest absolute Gasteiger partial charge is 0.362 e. The average Bonchev–Trinajstić information content (AvgIpc) is 2.13. The molecule has 0 saturated carbocycles. The van der Waals surface area contributed by atoms with E-state index in [1.54, 1.807) is 0 Å². The van der Waals surface area contributed by atoms with E-state index < -0.39 is 0 Å². The predicted molar refractivity (Wildman–Crippen MR) is 65.1 cm³/mol. The number of nitrogens with one attached hydrogen (secondary N) is 1. The molecule has 0 aliphatic carbocycles. The molecular formula is C12H20FN3. The summed E-state index contributed by atoms with van der Waals surface area (Å²) < 4.78 is 13.1. The first-order valence-electron chi connectivity index (χ1n) is 5.36. The fourth-order valence-electron chi connectivity index (χ4n) is 1.37. The van der Waals surface area contributed by atoms with Gasteiger partial charge in [0.1, 0.15) is 11.6 Å². The van der Waals surface area contributed by atoms with Crippen LogP contribution < -0.4 is 10.2 Å². The Morgan fingerprint density at radius 1 is 1.38 bits per heavy atom. The summed E-state index contributed by atoms with van der Waals surface area (Å²) >= 11 is 0. The van der Waals surface area contributed by atoms with Crippen molar-refractivity contribution in [1.82, 2.24) is 10.3 Å². The molecule has 1 aromatic rings. The molecule has 0 spiro atoms. The summed E-state index contributed by atoms with van der Waals surface area (Å²) in [6.45, 7) is 6.85. The van der Waals surface area contributed by atoms with Crippen LogP contribution >= 0.6 is 0 Å². The Labute approximate surface area is 96.7 Å². The Bertz CT molecular complexity index is 356. The highest BCUT2D eigenvalue weighted by Gasteiger charge is 2.12. The number of anilines is 1. The van der Waals surface area contributed by atoms with Gasteiger partial charge >= 0.3 is 0 Å². The lowest BCUT2D eigenvalue weighted by atomic mass is 10.1. The minimum atomic E-state index is -0.295. The summed E-state index contributed by atoms with van der Waals surface area (Å²) in [5.74, 6) is 0.509. The number of hydrogen-bond acceptors (Lipinski definition) is 3. The zero-order valence-corrected chi connectivity index (χ0v) is 10.6. The quantitative estimate of drug-likeness (QED) is 0.854. The summed E-state index contributed by atoms with van der Waals surface area (Å²) in [5.41, 5.74) is 0.885. The maximum atomic E-state index is 13.1. The van der Waals surface area contributed by atoms with Gasteiger partial charge < -0.3 is 10.2 Å². The van der Waals surface area contributed by atoms with Crippen molar-refractivity contribution in [2.45, 2.75) is 32.9 Å². The highest BCUT2D eigenvalue weighted by molar-refractivity contribution is 5.45. The minimum absolute atomic E-state index is 0.00982. The number of pyridine rings is 1. The molecule has 1 heterocycles. The van der Waals surface area contributed by atoms with Crippen molar-refractivity contribution in [3.05, 3.63) is 23.6 Å². The van der Waals surface area contributed by atoms with E-state index in [0.717, 1.165) is 11.4 Å². The summed E-state index contributed by atoms with van der Waals surface area (Å²) in [5, 5.41) is 3.33. The van der Waals surface area contributed by atoms with Crippen molar-refractivity contribution < 1.29 is 4.39 Å². The molecule has 0 aromatic carbocycles. The van der Waals surface area contributed by atoms with Gasteiger partial charge in [-0.2, -0.15) is 0 Å². The molecule has 90 valence electrons. The third-order valence-electron chi connectivity index (χ3n) is 2.14. The number of rotatable bonds is 3. The topological polar surface area (TPSA) is 28.2 Å². The van der Waals surface area contributed by atoms with Gasteiger partial charge in [0.25, 0.3) is 0 Å². The molecule has 0 unspecified atom stereocenters. The monoisotopic (exact) mass is 225 g/mol. The number of halogens is 1. The Kier molecular flexibility index (Phi) is 3.86. The van der Waals surface area contributed by atoms with Crippen molar-refractivity contribution in [3.63, 3.8) is 0 Å². The summed E-state index contributed by atoms with van der Waals surface area (Å²) in [6, 6.07) is 1.53. The summed E-state index contributed by atoms with van der Waals surface area (Å²) in [4.78, 5) is 5.98. The zero-order chi connectivity index (χ0) is 12.3. The SMILES string of the molecule is CN(C)c1ncc(F)cc1CNC(C)(C)C. The van der Waals surface area contributed by atoms with Crippen LogP contribution in [-0.4, -0.2) is 24.6 Å². The highest BCUT2D eigenvalue weighted by atomic mass is 19.1. The Morgan fingerprint density at radius 3 is 2.50 bits per heavy atom. The van der Waals surface area contributed by atoms with Gasteiger partial charge in [0, 0.05) is 31.7 Å². The molecule has 0 atom stereocenters. The second-order valence-corrected chi connectivity index (χ2v) is 5.13. The van der Waals surface area contributed by atoms with Crippen LogP contribution in [0.4, 0.5) is 10.2 Å². The zero-order valence-electron chi connectivity index (χ0n) is 10.6. The van der Waals surface area contributed by atoms with Crippen LogP contribution in [0.5, 0.6) is 0 Å². The van der Waals surface area contributed by atoms with Gasteiger partial charge in [-0.15, -0.1) is 0 Å². The molecule has 0 radical (unpaired) electrons. The predicted octanol–water partition coefficient (Wildman–Crippen LogP) is 2.17. The fraction of sp³-hybridized carbons (Fsp3) is 0.583. The van der Waals surface area contributed by atoms with Gasteiger partial charge in [-0.1, -0.05) is 0 Å². The van der Waals surface area contributed by atoms with Crippen LogP contribution in [0.3, 0.4) is 0 Å². The molecule has 0 saturated heterocycles. The van der Waals surface area contributed by atoms with E-state index in [2.05, 4.69) is 31.1 Å². The van der Waals surface area contributed by atoms with E-state index in [9.17, 15) is 4.39 Å². The number of aromatic nitrogens is 1. The van der Waals surface area contributed by atoms with Crippen molar-refractivity contribution >= 4 is 5.82 Å². The lowest BCUT2D eigenvalue weighted by Crippen LogP contribution is -2.35. The van der Waals surface area contributed by atoms with Gasteiger partial charge in [0.2, 0.25) is 0 Å². The van der Waals surface area contributed by atoms with Gasteiger partial charge in [0.05, 0.1) is 6.20 Å². The molecule has 0 fully saturated rings. The molecule has 0 aliphatic rings. The molecule has 1 aromatic heterocycles. The van der Waals surface area contributed by atoms with Crippen LogP contribution in [0, 0.1) is 5.82 Å². The van der Waals surface area contributed by atoms with Crippen molar-refractivity contribution in [2.75, 3.05) is 19.0 Å². The Morgan fingerprint density at radius 2 is 2.00 bits per heavy atom. The van der Waals surface area contributed by atoms with Gasteiger partial charge in [-0.05, 0) is 26.8 Å². The molecule has 16 heavy (non-hydrogen) atoms. The van der Waals surface area contributed by atoms with E-state index in [-0.39, 0.29) is 11.4 Å². The molecule has 0 aliphatic heterocycles. The van der Waals surface area contributed by atoms with Crippen LogP contribution in [0.1, 0.15) is 26.3 Å². The smallest absolute Gasteiger partial charge is 0.141 e. The third-order valence-corrected chi connectivity index (χ3v) is 2.14. The van der Waals surface area contributed by atoms with Crippen molar-refractivity contribution in [3.8, 4) is 0 Å². The first-order valence-corrected chi connectivity index (χ1v) is 5.36. The van der Waals surface area contributed by atoms with Crippen molar-refractivity contribution in [1.29, 1.82) is 0 Å². The number of hydrogen-bond donors (Lipinski definition) is 1. The average molecular weight is 225 g/mol. The molecule has 1 N–H and O–H groups in total. The summed E-state index contributed by atoms with van der Waals surface area (Å²) in [7, 11) is 3.81. The standard InChI is InChI=1S/C12H20FN3/c1-12(2,3)15-7-9-6-10(13)8-14-11(9)16(4)5/h6,8,15H,7H2,1-5H3. The van der Waals surface area contributed by atoms with Gasteiger partial charge in [0.15, 0.2) is 0 Å². The molecule has 3 nitrogen and oxygen atoms in total. The van der Waals surface area contributed by atoms with Crippen LogP contribution in [0.25, 0.3) is 0 Å². The Hall–Kier alpha value is -1.16. The maximum Gasteiger partial charge on any atom is 0.141 e. The Balaban J connectivity index is 2.88. The number of nitrogens with zero attached hydrogens (tertiary/aromatic N) is 2. The lowest BCUT2D eigenvalue weighted by molar-refractivity contribution is 0.423. The lowest BCUT2D eigenvalue weighted by Gasteiger charge is -2.23. The van der Waals surface area contributed by atoms with E-state index in [1.165, 1.54) is 12.3 Å². The van der Waals surface area contributed by atoms with E-state index in [4.69, 9.17) is 0 Å². The van der Waals surface area contributed by atoms with Gasteiger partial charge in [-0.25, -0.2) is 9.37 Å². The van der Waals surface area contributed by atoms with E-state index in [1.807, 2.05) is 19.0 Å². The second kappa shape index (κ2) is 4.78. The highest BCUT2D eigenvalue weighted by Crippen LogP contribution is 2.17. The minimum Gasteiger partial charge on any atom is -0.362 e. The van der Waals surface area contributed by atoms with E-state index in [0.29, 0.717) is 6.54 Å². The van der Waals surface area contributed by atoms with Crippen LogP contribution in [-0.2, 0) is 6.54 Å². The first-order chi connectivity index (χ1) is 7.29. The van der Waals surface area contributed by atoms with Crippen LogP contribution in [0.15, 0.2) is 12.3 Å². The second-order valence-electron chi connectivity index (χ2n) is 5.13. The molecule has 0 bridgehead atoms. The van der Waals surface area contributed by atoms with Gasteiger partial charge in [-0.3, -0.25) is 0 Å². The third kappa shape index (κ3) is 3.77. The molecule has 1 rings (SSSR count). The maximum absolute atomic E-state index is 13.1. The molecule has 0 amide bonds. The molecular weight excluding hydrogens is 205 g/mol. The van der Waals surface area contributed by atoms with E-state index >= 15 is 0 Å². The first kappa shape index (κ1) is 12.9. The van der Waals surface area contributed by atoms with Crippen molar-refractivity contribution in [2.24, 2.45) is 0 Å².